The van der Waals surface area contributed by atoms with Gasteiger partial charge in [0.1, 0.15) is 6.04 Å². The van der Waals surface area contributed by atoms with Crippen LogP contribution in [0, 0.1) is 18.3 Å². The Bertz CT molecular complexity index is 1040. The van der Waals surface area contributed by atoms with Gasteiger partial charge in [-0.3, -0.25) is 14.5 Å². The number of rotatable bonds is 8. The first-order valence-corrected chi connectivity index (χ1v) is 12.1. The zero-order valence-corrected chi connectivity index (χ0v) is 19.7. The first-order chi connectivity index (χ1) is 16.5. The van der Waals surface area contributed by atoms with Crippen molar-refractivity contribution < 1.29 is 9.59 Å². The molecule has 1 saturated heterocycles. The van der Waals surface area contributed by atoms with Crippen molar-refractivity contribution in [3.8, 4) is 6.07 Å². The van der Waals surface area contributed by atoms with Crippen LogP contribution in [0.3, 0.4) is 0 Å². The third kappa shape index (κ3) is 5.64. The van der Waals surface area contributed by atoms with E-state index in [-0.39, 0.29) is 17.9 Å². The first-order valence-electron chi connectivity index (χ1n) is 12.1. The first kappa shape index (κ1) is 23.9. The van der Waals surface area contributed by atoms with Gasteiger partial charge in [-0.25, -0.2) is 0 Å². The Kier molecular flexibility index (Phi) is 7.61. The van der Waals surface area contributed by atoms with E-state index in [1.54, 1.807) is 4.90 Å². The zero-order valence-electron chi connectivity index (χ0n) is 19.7. The highest BCUT2D eigenvalue weighted by molar-refractivity contribution is 5.97. The number of benzene rings is 2. The van der Waals surface area contributed by atoms with E-state index in [1.807, 2.05) is 55.5 Å². The third-order valence-corrected chi connectivity index (χ3v) is 6.81. The number of likely N-dealkylation sites (tertiary alicyclic amines) is 1. The van der Waals surface area contributed by atoms with Crippen LogP contribution in [0.4, 0.5) is 0 Å². The van der Waals surface area contributed by atoms with Crippen LogP contribution in [0.25, 0.3) is 0 Å². The summed E-state index contributed by atoms with van der Waals surface area (Å²) in [7, 11) is 0. The van der Waals surface area contributed by atoms with Gasteiger partial charge in [-0.1, -0.05) is 29.8 Å². The van der Waals surface area contributed by atoms with Crippen molar-refractivity contribution in [1.29, 1.82) is 5.26 Å². The molecule has 2 fully saturated rings. The highest BCUT2D eigenvalue weighted by Gasteiger charge is 2.42. The van der Waals surface area contributed by atoms with E-state index in [1.165, 1.54) is 0 Å². The molecule has 7 nitrogen and oxygen atoms in total. The van der Waals surface area contributed by atoms with Crippen LogP contribution in [-0.4, -0.2) is 59.4 Å². The molecule has 0 bridgehead atoms. The number of hydrogen-bond acceptors (Lipinski definition) is 5. The highest BCUT2D eigenvalue weighted by Crippen LogP contribution is 2.35. The molecule has 1 heterocycles. The Morgan fingerprint density at radius 3 is 2.41 bits per heavy atom. The van der Waals surface area contributed by atoms with Gasteiger partial charge in [0.25, 0.3) is 5.91 Å². The minimum absolute atomic E-state index is 0.101. The number of nitrogens with one attached hydrogen (secondary N) is 1. The normalized spacial score (nSPS) is 20.1. The number of hydrogen-bond donors (Lipinski definition) is 2. The lowest BCUT2D eigenvalue weighted by molar-refractivity contribution is -0.127. The Balaban J connectivity index is 1.53. The van der Waals surface area contributed by atoms with E-state index < -0.39 is 6.04 Å². The molecule has 2 aromatic carbocycles. The molecule has 3 N–H and O–H groups in total. The second kappa shape index (κ2) is 10.8. The zero-order chi connectivity index (χ0) is 24.1. The quantitative estimate of drug-likeness (QED) is 0.632. The standard InChI is InChI=1S/C27H33N5O2/c1-19-2-8-22(9-3-19)27(34)31-15-12-24(16-25(31)26(33)30-14-13-28)32(23-10-11-23)18-21-6-4-20(17-29)5-7-21/h2-9,23-25H,10-16,18,28H2,1H3,(H,30,33)/t24?,25-/m1/s1. The van der Waals surface area contributed by atoms with Gasteiger partial charge < -0.3 is 16.0 Å². The van der Waals surface area contributed by atoms with Crippen LogP contribution in [0.1, 0.15) is 52.7 Å². The van der Waals surface area contributed by atoms with Gasteiger partial charge in [-0.15, -0.1) is 0 Å². The van der Waals surface area contributed by atoms with E-state index >= 15 is 0 Å². The Labute approximate surface area is 201 Å². The maximum atomic E-state index is 13.4. The van der Waals surface area contributed by atoms with Crippen molar-refractivity contribution in [2.75, 3.05) is 19.6 Å². The second-order valence-corrected chi connectivity index (χ2v) is 9.35. The van der Waals surface area contributed by atoms with Gasteiger partial charge in [0, 0.05) is 43.8 Å². The Hall–Kier alpha value is -3.21. The van der Waals surface area contributed by atoms with Gasteiger partial charge in [0.05, 0.1) is 11.6 Å². The summed E-state index contributed by atoms with van der Waals surface area (Å²) >= 11 is 0. The van der Waals surface area contributed by atoms with Gasteiger partial charge in [-0.05, 0) is 62.4 Å². The molecule has 0 aromatic heterocycles. The van der Waals surface area contributed by atoms with Gasteiger partial charge in [0.2, 0.25) is 5.91 Å². The molecule has 1 unspecified atom stereocenters. The van der Waals surface area contributed by atoms with E-state index in [0.29, 0.717) is 43.2 Å². The lowest BCUT2D eigenvalue weighted by atomic mass is 9.93. The average Bonchev–Trinajstić information content (AvgIpc) is 3.71. The fourth-order valence-electron chi connectivity index (χ4n) is 4.77. The molecule has 178 valence electrons. The Morgan fingerprint density at radius 1 is 1.09 bits per heavy atom. The average molecular weight is 460 g/mol. The fourth-order valence-corrected chi connectivity index (χ4v) is 4.77. The maximum absolute atomic E-state index is 13.4. The molecular formula is C27H33N5O2. The monoisotopic (exact) mass is 459 g/mol. The van der Waals surface area contributed by atoms with E-state index in [0.717, 1.165) is 36.9 Å². The van der Waals surface area contributed by atoms with Crippen LogP contribution >= 0.6 is 0 Å². The van der Waals surface area contributed by atoms with E-state index in [2.05, 4.69) is 16.3 Å². The molecule has 4 rings (SSSR count). The number of nitriles is 1. The number of aryl methyl sites for hydroxylation is 1. The topological polar surface area (TPSA) is 102 Å². The van der Waals surface area contributed by atoms with E-state index in [4.69, 9.17) is 11.0 Å². The summed E-state index contributed by atoms with van der Waals surface area (Å²) in [5, 5.41) is 12.0. The van der Waals surface area contributed by atoms with Gasteiger partial charge in [0.15, 0.2) is 0 Å². The molecular weight excluding hydrogens is 426 g/mol. The van der Waals surface area contributed by atoms with Crippen LogP contribution in [-0.2, 0) is 11.3 Å². The summed E-state index contributed by atoms with van der Waals surface area (Å²) in [6.07, 6.45) is 3.73. The minimum Gasteiger partial charge on any atom is -0.353 e. The predicted octanol–water partition coefficient (Wildman–Crippen LogP) is 2.58. The number of amides is 2. The van der Waals surface area contributed by atoms with Crippen LogP contribution < -0.4 is 11.1 Å². The molecule has 7 heteroatoms. The predicted molar refractivity (Wildman–Crippen MR) is 131 cm³/mol. The van der Waals surface area contributed by atoms with Crippen molar-refractivity contribution in [1.82, 2.24) is 15.1 Å². The van der Waals surface area contributed by atoms with Crippen LogP contribution in [0.15, 0.2) is 48.5 Å². The summed E-state index contributed by atoms with van der Waals surface area (Å²) in [5.41, 5.74) is 9.13. The molecule has 2 aliphatic rings. The summed E-state index contributed by atoms with van der Waals surface area (Å²) < 4.78 is 0. The molecule has 1 saturated carbocycles. The smallest absolute Gasteiger partial charge is 0.254 e. The van der Waals surface area contributed by atoms with Gasteiger partial charge in [-0.2, -0.15) is 5.26 Å². The minimum atomic E-state index is -0.527. The summed E-state index contributed by atoms with van der Waals surface area (Å²) in [5.74, 6) is -0.235. The third-order valence-electron chi connectivity index (χ3n) is 6.81. The van der Waals surface area contributed by atoms with Crippen molar-refractivity contribution in [2.45, 2.75) is 57.3 Å². The largest absolute Gasteiger partial charge is 0.353 e. The Morgan fingerprint density at radius 2 is 1.79 bits per heavy atom. The van der Waals surface area contributed by atoms with E-state index in [9.17, 15) is 9.59 Å². The second-order valence-electron chi connectivity index (χ2n) is 9.35. The van der Waals surface area contributed by atoms with Crippen LogP contribution in [0.2, 0.25) is 0 Å². The lowest BCUT2D eigenvalue weighted by Crippen LogP contribution is -2.57. The fraction of sp³-hybridized carbons (Fsp3) is 0.444. The number of nitrogens with zero attached hydrogens (tertiary/aromatic N) is 3. The molecule has 0 radical (unpaired) electrons. The van der Waals surface area contributed by atoms with Crippen molar-refractivity contribution in [2.24, 2.45) is 5.73 Å². The molecule has 0 spiro atoms. The van der Waals surface area contributed by atoms with Crippen molar-refractivity contribution in [3.63, 3.8) is 0 Å². The molecule has 34 heavy (non-hydrogen) atoms. The van der Waals surface area contributed by atoms with Crippen molar-refractivity contribution in [3.05, 3.63) is 70.8 Å². The molecule has 2 aromatic rings. The number of carbonyl (C=O) groups excluding carboxylic acids is 2. The molecule has 1 aliphatic carbocycles. The molecule has 2 atom stereocenters. The van der Waals surface area contributed by atoms with Gasteiger partial charge >= 0.3 is 0 Å². The summed E-state index contributed by atoms with van der Waals surface area (Å²) in [4.78, 5) is 30.7. The number of piperidine rings is 1. The summed E-state index contributed by atoms with van der Waals surface area (Å²) in [6, 6.07) is 17.6. The number of nitrogens with two attached hydrogens (primary N) is 1. The molecule has 2 amide bonds. The lowest BCUT2D eigenvalue weighted by Gasteiger charge is -2.43. The summed E-state index contributed by atoms with van der Waals surface area (Å²) in [6.45, 7) is 4.06. The van der Waals surface area contributed by atoms with Crippen molar-refractivity contribution >= 4 is 11.8 Å². The number of carbonyl (C=O) groups is 2. The highest BCUT2D eigenvalue weighted by atomic mass is 16.2. The SMILES string of the molecule is Cc1ccc(C(=O)N2CCC(N(Cc3ccc(C#N)cc3)C3CC3)C[C@@H]2C(=O)NCCN)cc1. The maximum Gasteiger partial charge on any atom is 0.254 e. The molecule has 1 aliphatic heterocycles. The van der Waals surface area contributed by atoms with Crippen LogP contribution in [0.5, 0.6) is 0 Å².